The Morgan fingerprint density at radius 2 is 1.43 bits per heavy atom. The Morgan fingerprint density at radius 3 is 2.15 bits per heavy atom. The normalized spacial score (nSPS) is 18.3. The highest BCUT2D eigenvalue weighted by Crippen LogP contribution is 2.51. The van der Waals surface area contributed by atoms with Crippen LogP contribution in [0.2, 0.25) is 0 Å². The number of allylic oxidation sites excluding steroid dienone is 8. The highest BCUT2D eigenvalue weighted by atomic mass is 32.2. The van der Waals surface area contributed by atoms with Gasteiger partial charge in [0, 0.05) is 41.1 Å². The second kappa shape index (κ2) is 11.5. The smallest absolute Gasteiger partial charge is 0.294 e. The molecule has 1 N–H and O–H groups in total. The lowest BCUT2D eigenvalue weighted by Gasteiger charge is -2.26. The molecule has 0 atom stereocenters. The summed E-state index contributed by atoms with van der Waals surface area (Å²) in [6.45, 7) is 17.3. The fourth-order valence-corrected chi connectivity index (χ4v) is 8.13. The molecule has 0 aromatic heterocycles. The third-order valence-corrected chi connectivity index (χ3v) is 10.5. The molecule has 4 aromatic carbocycles. The van der Waals surface area contributed by atoms with Crippen LogP contribution < -0.4 is 4.90 Å². The molecule has 2 aliphatic heterocycles. The van der Waals surface area contributed by atoms with Crippen LogP contribution in [0.5, 0.6) is 0 Å². The largest absolute Gasteiger partial charge is 0.344 e. The van der Waals surface area contributed by atoms with Crippen molar-refractivity contribution < 1.29 is 17.5 Å². The quantitative estimate of drug-likeness (QED) is 0.125. The third kappa shape index (κ3) is 5.14. The Balaban J connectivity index is 1.25. The molecule has 6 heteroatoms. The second-order valence-electron chi connectivity index (χ2n) is 13.3. The number of aryl methyl sites for hydroxylation is 1. The molecule has 236 valence electrons. The SMILES string of the molecule is CCN1C(=CC=CC=CC=CC2=[N+](CC)c3ccc4cc(C)ccc4c3C2(C)C)C(C)(C)c2c1ccc1cc(S(=O)(=O)O)ccc21. The topological polar surface area (TPSA) is 60.6 Å². The zero-order chi connectivity index (χ0) is 33.0. The molecule has 2 aliphatic rings. The van der Waals surface area contributed by atoms with Crippen molar-refractivity contribution in [2.24, 2.45) is 0 Å². The van der Waals surface area contributed by atoms with Gasteiger partial charge < -0.3 is 4.90 Å². The van der Waals surface area contributed by atoms with E-state index >= 15 is 0 Å². The summed E-state index contributed by atoms with van der Waals surface area (Å²) in [5.41, 5.74) is 8.32. The first-order valence-electron chi connectivity index (χ1n) is 16.0. The van der Waals surface area contributed by atoms with Crippen LogP contribution >= 0.6 is 0 Å². The Labute approximate surface area is 273 Å². The second-order valence-corrected chi connectivity index (χ2v) is 14.7. The summed E-state index contributed by atoms with van der Waals surface area (Å²) in [5.74, 6) is 0. The average molecular weight is 632 g/mol. The summed E-state index contributed by atoms with van der Waals surface area (Å²) < 4.78 is 35.5. The number of anilines is 1. The minimum atomic E-state index is -4.27. The lowest BCUT2D eigenvalue weighted by atomic mass is 9.79. The van der Waals surface area contributed by atoms with E-state index in [2.05, 4.69) is 137 Å². The highest BCUT2D eigenvalue weighted by molar-refractivity contribution is 7.85. The molecule has 6 rings (SSSR count). The lowest BCUT2D eigenvalue weighted by molar-refractivity contribution is -0.433. The molecule has 46 heavy (non-hydrogen) atoms. The first-order chi connectivity index (χ1) is 21.8. The molecule has 0 saturated heterocycles. The Hall–Kier alpha value is -4.26. The number of rotatable bonds is 7. The zero-order valence-electron chi connectivity index (χ0n) is 27.8. The number of benzene rings is 4. The number of hydrogen-bond donors (Lipinski definition) is 1. The van der Waals surface area contributed by atoms with Gasteiger partial charge in [0.1, 0.15) is 6.54 Å². The number of likely N-dealkylation sites (N-methyl/N-ethyl adjacent to an activating group) is 1. The van der Waals surface area contributed by atoms with Gasteiger partial charge in [0.25, 0.3) is 10.1 Å². The molecule has 0 amide bonds. The van der Waals surface area contributed by atoms with E-state index in [0.29, 0.717) is 0 Å². The molecule has 0 saturated carbocycles. The van der Waals surface area contributed by atoms with Crippen molar-refractivity contribution in [1.82, 2.24) is 0 Å². The minimum absolute atomic E-state index is 0.0898. The average Bonchev–Trinajstić information content (AvgIpc) is 3.37. The summed E-state index contributed by atoms with van der Waals surface area (Å²) >= 11 is 0. The standard InChI is InChI=1S/C40H42N2O3S/c1-8-41-33-23-18-28-25-27(3)17-21-31(28)37(33)39(4,5)35(41)15-13-11-10-12-14-16-36-40(6,7)38-32-22-20-30(46(43,44)45)26-29(32)19-24-34(38)42(36)9-2/h10-26H,8-9H2,1-7H3/p+1. The molecule has 4 aromatic rings. The Bertz CT molecular complexity index is 2160. The minimum Gasteiger partial charge on any atom is -0.344 e. The zero-order valence-corrected chi connectivity index (χ0v) is 28.6. The van der Waals surface area contributed by atoms with Crippen LogP contribution in [0.3, 0.4) is 0 Å². The fraction of sp³-hybridized carbons (Fsp3) is 0.275. The van der Waals surface area contributed by atoms with Crippen LogP contribution in [0.15, 0.2) is 114 Å². The molecule has 5 nitrogen and oxygen atoms in total. The number of nitrogens with zero attached hydrogens (tertiary/aromatic N) is 2. The van der Waals surface area contributed by atoms with Crippen molar-refractivity contribution in [3.63, 3.8) is 0 Å². The van der Waals surface area contributed by atoms with Gasteiger partial charge in [0.2, 0.25) is 5.69 Å². The highest BCUT2D eigenvalue weighted by Gasteiger charge is 2.45. The van der Waals surface area contributed by atoms with Gasteiger partial charge in [0.15, 0.2) is 5.71 Å². The molecule has 0 radical (unpaired) electrons. The molecule has 0 spiro atoms. The van der Waals surface area contributed by atoms with Gasteiger partial charge in [-0.1, -0.05) is 80.1 Å². The van der Waals surface area contributed by atoms with Gasteiger partial charge in [0.05, 0.1) is 10.3 Å². The molecule has 0 unspecified atom stereocenters. The third-order valence-electron chi connectivity index (χ3n) is 9.70. The van der Waals surface area contributed by atoms with Crippen LogP contribution in [0.4, 0.5) is 11.4 Å². The predicted molar refractivity (Wildman–Crippen MR) is 192 cm³/mol. The summed E-state index contributed by atoms with van der Waals surface area (Å²) in [6.07, 6.45) is 14.9. The van der Waals surface area contributed by atoms with E-state index in [-0.39, 0.29) is 15.7 Å². The fourth-order valence-electron chi connectivity index (χ4n) is 7.61. The van der Waals surface area contributed by atoms with Crippen molar-refractivity contribution in [1.29, 1.82) is 0 Å². The monoisotopic (exact) mass is 631 g/mol. The van der Waals surface area contributed by atoms with E-state index in [4.69, 9.17) is 0 Å². The molecule has 0 bridgehead atoms. The van der Waals surface area contributed by atoms with Gasteiger partial charge in [-0.3, -0.25) is 4.55 Å². The van der Waals surface area contributed by atoms with E-state index in [9.17, 15) is 13.0 Å². The molecular formula is C40H43N2O3S+. The summed E-state index contributed by atoms with van der Waals surface area (Å²) in [4.78, 5) is 2.23. The maximum Gasteiger partial charge on any atom is 0.294 e. The van der Waals surface area contributed by atoms with Gasteiger partial charge in [-0.25, -0.2) is 0 Å². The van der Waals surface area contributed by atoms with Gasteiger partial charge in [-0.2, -0.15) is 13.0 Å². The lowest BCUT2D eigenvalue weighted by Crippen LogP contribution is -2.27. The molecule has 2 heterocycles. The maximum atomic E-state index is 11.7. The van der Waals surface area contributed by atoms with E-state index in [0.717, 1.165) is 35.1 Å². The Morgan fingerprint density at radius 1 is 0.783 bits per heavy atom. The van der Waals surface area contributed by atoms with Crippen LogP contribution in [0.25, 0.3) is 21.5 Å². The van der Waals surface area contributed by atoms with Crippen molar-refractivity contribution >= 4 is 48.7 Å². The van der Waals surface area contributed by atoms with E-state index in [1.54, 1.807) is 6.07 Å². The molecule has 0 aliphatic carbocycles. The van der Waals surface area contributed by atoms with Crippen molar-refractivity contribution in [2.75, 3.05) is 18.0 Å². The first-order valence-corrected chi connectivity index (χ1v) is 17.5. The molecule has 0 fully saturated rings. The summed E-state index contributed by atoms with van der Waals surface area (Å²) in [6, 6.07) is 20.1. The van der Waals surface area contributed by atoms with Crippen LogP contribution in [-0.4, -0.2) is 36.3 Å². The summed E-state index contributed by atoms with van der Waals surface area (Å²) in [5, 5.41) is 4.41. The summed E-state index contributed by atoms with van der Waals surface area (Å²) in [7, 11) is -4.27. The first kappa shape index (κ1) is 31.7. The van der Waals surface area contributed by atoms with Gasteiger partial charge in [-0.15, -0.1) is 0 Å². The number of fused-ring (bicyclic) bond motifs is 6. The van der Waals surface area contributed by atoms with Crippen LogP contribution in [-0.2, 0) is 20.9 Å². The predicted octanol–water partition coefficient (Wildman–Crippen LogP) is 9.31. The van der Waals surface area contributed by atoms with E-state index in [1.807, 2.05) is 12.1 Å². The van der Waals surface area contributed by atoms with Crippen molar-refractivity contribution in [3.8, 4) is 0 Å². The molecular weight excluding hydrogens is 589 g/mol. The van der Waals surface area contributed by atoms with Crippen molar-refractivity contribution in [2.45, 2.75) is 64.2 Å². The van der Waals surface area contributed by atoms with Gasteiger partial charge in [-0.05, 0) is 92.1 Å². The maximum absolute atomic E-state index is 11.7. The Kier molecular flexibility index (Phi) is 7.94. The van der Waals surface area contributed by atoms with E-state index < -0.39 is 10.1 Å². The number of hydrogen-bond acceptors (Lipinski definition) is 3. The van der Waals surface area contributed by atoms with Gasteiger partial charge >= 0.3 is 0 Å². The van der Waals surface area contributed by atoms with Crippen LogP contribution in [0, 0.1) is 6.92 Å². The van der Waals surface area contributed by atoms with Crippen molar-refractivity contribution in [3.05, 3.63) is 126 Å². The van der Waals surface area contributed by atoms with Crippen LogP contribution in [0.1, 0.15) is 58.2 Å². The van der Waals surface area contributed by atoms with E-state index in [1.165, 1.54) is 45.1 Å².